The Labute approximate surface area is 108 Å². The van der Waals surface area contributed by atoms with Crippen molar-refractivity contribution in [2.24, 2.45) is 0 Å². The monoisotopic (exact) mass is 245 g/mol. The van der Waals surface area contributed by atoms with Crippen LogP contribution in [0.3, 0.4) is 0 Å². The molecule has 1 aliphatic carbocycles. The van der Waals surface area contributed by atoms with Gasteiger partial charge in [0.05, 0.1) is 0 Å². The van der Waals surface area contributed by atoms with Crippen molar-refractivity contribution in [2.75, 3.05) is 0 Å². The molecule has 1 heterocycles. The van der Waals surface area contributed by atoms with Gasteiger partial charge in [-0.25, -0.2) is 0 Å². The molecule has 1 fully saturated rings. The van der Waals surface area contributed by atoms with E-state index in [-0.39, 0.29) is 12.0 Å². The maximum Gasteiger partial charge on any atom is 0.261 e. The van der Waals surface area contributed by atoms with Crippen LogP contribution in [0.1, 0.15) is 37.7 Å². The molecule has 1 amide bonds. The molecule has 1 N–H and O–H groups in total. The van der Waals surface area contributed by atoms with Crippen LogP contribution in [-0.4, -0.2) is 18.1 Å². The van der Waals surface area contributed by atoms with Gasteiger partial charge in [-0.1, -0.05) is 37.5 Å². The van der Waals surface area contributed by atoms with Crippen molar-refractivity contribution in [3.63, 3.8) is 0 Å². The highest BCUT2D eigenvalue weighted by Gasteiger charge is 2.30. The van der Waals surface area contributed by atoms with Crippen LogP contribution in [0, 0.1) is 0 Å². The molecule has 1 aromatic carbocycles. The number of ether oxygens (including phenoxy) is 1. The van der Waals surface area contributed by atoms with E-state index in [1.54, 1.807) is 0 Å². The summed E-state index contributed by atoms with van der Waals surface area (Å²) in [5.41, 5.74) is 1.14. The summed E-state index contributed by atoms with van der Waals surface area (Å²) in [6.45, 7) is 0. The van der Waals surface area contributed by atoms with Crippen LogP contribution in [0.4, 0.5) is 0 Å². The van der Waals surface area contributed by atoms with Gasteiger partial charge in [0.25, 0.3) is 5.91 Å². The summed E-state index contributed by atoms with van der Waals surface area (Å²) in [6.07, 6.45) is 6.38. The highest BCUT2D eigenvalue weighted by Crippen LogP contribution is 2.28. The third kappa shape index (κ3) is 2.35. The molecule has 1 atom stereocenters. The molecular weight excluding hydrogens is 226 g/mol. The number of carbonyl (C=O) groups excluding carboxylic acids is 1. The Kier molecular flexibility index (Phi) is 3.22. The van der Waals surface area contributed by atoms with E-state index < -0.39 is 0 Å². The van der Waals surface area contributed by atoms with E-state index in [0.29, 0.717) is 12.5 Å². The number of carbonyl (C=O) groups is 1. The van der Waals surface area contributed by atoms with Gasteiger partial charge in [-0.15, -0.1) is 0 Å². The molecule has 18 heavy (non-hydrogen) atoms. The predicted molar refractivity (Wildman–Crippen MR) is 69.6 cm³/mol. The topological polar surface area (TPSA) is 38.3 Å². The summed E-state index contributed by atoms with van der Waals surface area (Å²) in [7, 11) is 0. The van der Waals surface area contributed by atoms with Crippen molar-refractivity contribution in [1.82, 2.24) is 5.32 Å². The lowest BCUT2D eigenvalue weighted by Gasteiger charge is -2.24. The van der Waals surface area contributed by atoms with Crippen LogP contribution in [-0.2, 0) is 11.2 Å². The Hall–Kier alpha value is -1.51. The Bertz CT molecular complexity index is 413. The Morgan fingerprint density at radius 3 is 2.72 bits per heavy atom. The molecule has 1 aliphatic heterocycles. The number of hydrogen-bond donors (Lipinski definition) is 1. The molecule has 3 heteroatoms. The molecule has 1 saturated carbocycles. The largest absolute Gasteiger partial charge is 0.480 e. The zero-order chi connectivity index (χ0) is 12.4. The zero-order valence-corrected chi connectivity index (χ0v) is 10.5. The standard InChI is InChI=1S/C15H19NO2/c17-15(16-12-7-2-1-3-8-12)14-10-11-6-4-5-9-13(11)18-14/h4-6,9,12,14H,1-3,7-8,10H2,(H,16,17)/t14-/m1/s1. The Morgan fingerprint density at radius 1 is 1.17 bits per heavy atom. The number of benzene rings is 1. The third-order valence-corrected chi connectivity index (χ3v) is 3.89. The van der Waals surface area contributed by atoms with Crippen LogP contribution >= 0.6 is 0 Å². The van der Waals surface area contributed by atoms with E-state index in [9.17, 15) is 4.79 Å². The maximum absolute atomic E-state index is 12.1. The SMILES string of the molecule is O=C(NC1CCCCC1)[C@H]1Cc2ccccc2O1. The van der Waals surface area contributed by atoms with E-state index in [0.717, 1.165) is 24.2 Å². The second-order valence-electron chi connectivity index (χ2n) is 5.26. The molecule has 0 aromatic heterocycles. The number of para-hydroxylation sites is 1. The van der Waals surface area contributed by atoms with E-state index in [2.05, 4.69) is 5.32 Å². The highest BCUT2D eigenvalue weighted by molar-refractivity contribution is 5.82. The molecule has 0 spiro atoms. The number of amides is 1. The predicted octanol–water partition coefficient (Wildman–Crippen LogP) is 2.44. The van der Waals surface area contributed by atoms with Gasteiger partial charge in [0.1, 0.15) is 5.75 Å². The van der Waals surface area contributed by atoms with Gasteiger partial charge in [0.15, 0.2) is 6.10 Å². The first kappa shape index (κ1) is 11.6. The lowest BCUT2D eigenvalue weighted by molar-refractivity contribution is -0.128. The second-order valence-corrected chi connectivity index (χ2v) is 5.26. The lowest BCUT2D eigenvalue weighted by atomic mass is 9.95. The first-order valence-electron chi connectivity index (χ1n) is 6.88. The molecule has 0 bridgehead atoms. The van der Waals surface area contributed by atoms with Crippen molar-refractivity contribution >= 4 is 5.91 Å². The fourth-order valence-electron chi connectivity index (χ4n) is 2.87. The molecule has 2 aliphatic rings. The van der Waals surface area contributed by atoms with Crippen LogP contribution in [0.15, 0.2) is 24.3 Å². The van der Waals surface area contributed by atoms with Gasteiger partial charge < -0.3 is 10.1 Å². The second kappa shape index (κ2) is 5.01. The maximum atomic E-state index is 12.1. The van der Waals surface area contributed by atoms with E-state index in [1.165, 1.54) is 19.3 Å². The molecule has 0 radical (unpaired) electrons. The first-order chi connectivity index (χ1) is 8.83. The molecule has 96 valence electrons. The number of rotatable bonds is 2. The quantitative estimate of drug-likeness (QED) is 0.869. The number of nitrogens with one attached hydrogen (secondary N) is 1. The van der Waals surface area contributed by atoms with E-state index >= 15 is 0 Å². The summed E-state index contributed by atoms with van der Waals surface area (Å²) >= 11 is 0. The molecule has 3 rings (SSSR count). The van der Waals surface area contributed by atoms with Crippen molar-refractivity contribution in [3.8, 4) is 5.75 Å². The summed E-state index contributed by atoms with van der Waals surface area (Å²) < 4.78 is 5.70. The fourth-order valence-corrected chi connectivity index (χ4v) is 2.87. The van der Waals surface area contributed by atoms with Crippen LogP contribution < -0.4 is 10.1 Å². The van der Waals surface area contributed by atoms with Gasteiger partial charge in [-0.3, -0.25) is 4.79 Å². The molecular formula is C15H19NO2. The van der Waals surface area contributed by atoms with Gasteiger partial charge in [-0.2, -0.15) is 0 Å². The van der Waals surface area contributed by atoms with Gasteiger partial charge in [0.2, 0.25) is 0 Å². The minimum atomic E-state index is -0.329. The summed E-state index contributed by atoms with van der Waals surface area (Å²) in [6, 6.07) is 8.26. The summed E-state index contributed by atoms with van der Waals surface area (Å²) in [5, 5.41) is 3.13. The van der Waals surface area contributed by atoms with Crippen LogP contribution in [0.5, 0.6) is 5.75 Å². The number of hydrogen-bond acceptors (Lipinski definition) is 2. The van der Waals surface area contributed by atoms with E-state index in [1.807, 2.05) is 24.3 Å². The zero-order valence-electron chi connectivity index (χ0n) is 10.5. The lowest BCUT2D eigenvalue weighted by Crippen LogP contribution is -2.44. The van der Waals surface area contributed by atoms with E-state index in [4.69, 9.17) is 4.74 Å². The molecule has 0 unspecified atom stereocenters. The smallest absolute Gasteiger partial charge is 0.261 e. The van der Waals surface area contributed by atoms with Crippen LogP contribution in [0.25, 0.3) is 0 Å². The Balaban J connectivity index is 1.58. The van der Waals surface area contributed by atoms with Crippen molar-refractivity contribution < 1.29 is 9.53 Å². The third-order valence-electron chi connectivity index (χ3n) is 3.89. The highest BCUT2D eigenvalue weighted by atomic mass is 16.5. The molecule has 3 nitrogen and oxygen atoms in total. The minimum absolute atomic E-state index is 0.0538. The Morgan fingerprint density at radius 2 is 1.94 bits per heavy atom. The minimum Gasteiger partial charge on any atom is -0.480 e. The number of fused-ring (bicyclic) bond motifs is 1. The molecule has 0 saturated heterocycles. The average molecular weight is 245 g/mol. The fraction of sp³-hybridized carbons (Fsp3) is 0.533. The van der Waals surface area contributed by atoms with Gasteiger partial charge >= 0.3 is 0 Å². The van der Waals surface area contributed by atoms with Gasteiger partial charge in [-0.05, 0) is 24.5 Å². The first-order valence-corrected chi connectivity index (χ1v) is 6.88. The normalized spacial score (nSPS) is 23.2. The van der Waals surface area contributed by atoms with Crippen LogP contribution in [0.2, 0.25) is 0 Å². The van der Waals surface area contributed by atoms with Crippen molar-refractivity contribution in [3.05, 3.63) is 29.8 Å². The van der Waals surface area contributed by atoms with Crippen molar-refractivity contribution in [2.45, 2.75) is 50.7 Å². The molecule has 1 aromatic rings. The average Bonchev–Trinajstić information content (AvgIpc) is 2.84. The van der Waals surface area contributed by atoms with Crippen molar-refractivity contribution in [1.29, 1.82) is 0 Å². The summed E-state index contributed by atoms with van der Waals surface area (Å²) in [5.74, 6) is 0.916. The van der Waals surface area contributed by atoms with Gasteiger partial charge in [0, 0.05) is 12.5 Å². The summed E-state index contributed by atoms with van der Waals surface area (Å²) in [4.78, 5) is 12.1.